The highest BCUT2D eigenvalue weighted by atomic mass is 16.5. The van der Waals surface area contributed by atoms with Crippen LogP contribution in [0.3, 0.4) is 0 Å². The molecule has 0 radical (unpaired) electrons. The molecule has 0 aliphatic carbocycles. The van der Waals surface area contributed by atoms with Gasteiger partial charge in [-0.25, -0.2) is 9.78 Å². The number of hydrogen-bond acceptors (Lipinski definition) is 3. The highest BCUT2D eigenvalue weighted by molar-refractivity contribution is 5.87. The molecular weight excluding hydrogens is 276 g/mol. The van der Waals surface area contributed by atoms with Crippen LogP contribution in [0.5, 0.6) is 0 Å². The van der Waals surface area contributed by atoms with E-state index >= 15 is 0 Å². The molecule has 2 unspecified atom stereocenters. The van der Waals surface area contributed by atoms with E-state index in [2.05, 4.69) is 18.8 Å². The van der Waals surface area contributed by atoms with Gasteiger partial charge in [0.25, 0.3) is 0 Å². The molecule has 0 amide bonds. The van der Waals surface area contributed by atoms with Crippen molar-refractivity contribution in [2.45, 2.75) is 39.7 Å². The largest absolute Gasteiger partial charge is 0.461 e. The Morgan fingerprint density at radius 1 is 1.27 bits per heavy atom. The third-order valence-corrected chi connectivity index (χ3v) is 3.85. The highest BCUT2D eigenvalue weighted by Gasteiger charge is 2.18. The van der Waals surface area contributed by atoms with Crippen molar-refractivity contribution < 1.29 is 9.53 Å². The molecule has 0 fully saturated rings. The van der Waals surface area contributed by atoms with Gasteiger partial charge in [-0.05, 0) is 24.8 Å². The molecule has 0 saturated heterocycles. The lowest BCUT2D eigenvalue weighted by Gasteiger charge is -2.17. The average molecular weight is 300 g/mol. The summed E-state index contributed by atoms with van der Waals surface area (Å²) >= 11 is 0. The number of ether oxygens (including phenoxy) is 1. The lowest BCUT2D eigenvalue weighted by Crippen LogP contribution is -2.18. The smallest absolute Gasteiger partial charge is 0.356 e. The number of imidazole rings is 1. The summed E-state index contributed by atoms with van der Waals surface area (Å²) in [5, 5.41) is 0. The second-order valence-corrected chi connectivity index (χ2v) is 5.77. The maximum Gasteiger partial charge on any atom is 0.356 e. The molecule has 22 heavy (non-hydrogen) atoms. The van der Waals surface area contributed by atoms with E-state index in [1.54, 1.807) is 12.5 Å². The minimum atomic E-state index is -0.303. The zero-order valence-electron chi connectivity index (χ0n) is 13.5. The van der Waals surface area contributed by atoms with Gasteiger partial charge in [0, 0.05) is 0 Å². The minimum absolute atomic E-state index is 0.0410. The zero-order valence-corrected chi connectivity index (χ0v) is 13.5. The lowest BCUT2D eigenvalue weighted by molar-refractivity contribution is 0.0430. The molecule has 0 saturated carbocycles. The maximum absolute atomic E-state index is 12.3. The van der Waals surface area contributed by atoms with Crippen LogP contribution in [0.4, 0.5) is 0 Å². The molecule has 2 rings (SSSR count). The van der Waals surface area contributed by atoms with Crippen molar-refractivity contribution in [2.75, 3.05) is 6.61 Å². The van der Waals surface area contributed by atoms with Gasteiger partial charge in [-0.15, -0.1) is 0 Å². The number of carbonyl (C=O) groups excluding carboxylic acids is 1. The van der Waals surface area contributed by atoms with E-state index in [4.69, 9.17) is 4.74 Å². The fourth-order valence-electron chi connectivity index (χ4n) is 2.53. The van der Waals surface area contributed by atoms with Gasteiger partial charge in [-0.2, -0.15) is 0 Å². The molecule has 0 aliphatic heterocycles. The third-order valence-electron chi connectivity index (χ3n) is 3.85. The Bertz CT molecular complexity index is 592. The van der Waals surface area contributed by atoms with Crippen molar-refractivity contribution in [2.24, 2.45) is 5.92 Å². The molecule has 1 aromatic carbocycles. The first-order chi connectivity index (χ1) is 10.6. The summed E-state index contributed by atoms with van der Waals surface area (Å²) in [5.74, 6) is 0.0834. The van der Waals surface area contributed by atoms with Gasteiger partial charge in [-0.1, -0.05) is 50.6 Å². The second-order valence-electron chi connectivity index (χ2n) is 5.77. The Morgan fingerprint density at radius 3 is 2.68 bits per heavy atom. The number of esters is 1. The van der Waals surface area contributed by atoms with Crippen LogP contribution >= 0.6 is 0 Å². The van der Waals surface area contributed by atoms with Gasteiger partial charge in [0.15, 0.2) is 0 Å². The van der Waals surface area contributed by atoms with E-state index in [1.165, 1.54) is 0 Å². The Kier molecular flexibility index (Phi) is 5.75. The van der Waals surface area contributed by atoms with Crippen molar-refractivity contribution in [3.8, 4) is 0 Å². The van der Waals surface area contributed by atoms with Gasteiger partial charge in [-0.3, -0.25) is 0 Å². The topological polar surface area (TPSA) is 44.1 Å². The predicted molar refractivity (Wildman–Crippen MR) is 86.8 cm³/mol. The minimum Gasteiger partial charge on any atom is -0.461 e. The Morgan fingerprint density at radius 2 is 2.00 bits per heavy atom. The van der Waals surface area contributed by atoms with Gasteiger partial charge in [0.2, 0.25) is 0 Å². The van der Waals surface area contributed by atoms with E-state index in [0.29, 0.717) is 18.2 Å². The van der Waals surface area contributed by atoms with Crippen LogP contribution in [0.25, 0.3) is 0 Å². The van der Waals surface area contributed by atoms with Crippen LogP contribution in [0, 0.1) is 5.92 Å². The molecule has 2 atom stereocenters. The van der Waals surface area contributed by atoms with E-state index in [0.717, 1.165) is 18.4 Å². The van der Waals surface area contributed by atoms with E-state index < -0.39 is 0 Å². The van der Waals surface area contributed by atoms with Crippen LogP contribution in [0.15, 0.2) is 42.9 Å². The fraction of sp³-hybridized carbons (Fsp3) is 0.444. The average Bonchev–Trinajstić information content (AvgIpc) is 3.02. The molecule has 1 aromatic heterocycles. The molecule has 4 nitrogen and oxygen atoms in total. The van der Waals surface area contributed by atoms with Crippen molar-refractivity contribution in [3.63, 3.8) is 0 Å². The molecule has 4 heteroatoms. The van der Waals surface area contributed by atoms with Crippen LogP contribution in [0.2, 0.25) is 0 Å². The van der Waals surface area contributed by atoms with E-state index in [-0.39, 0.29) is 12.0 Å². The molecular formula is C18H24N2O2. The lowest BCUT2D eigenvalue weighted by atomic mass is 10.1. The Balaban J connectivity index is 2.07. The number of hydrogen-bond donors (Lipinski definition) is 0. The summed E-state index contributed by atoms with van der Waals surface area (Å²) in [6.45, 7) is 6.74. The number of carbonyl (C=O) groups is 1. The van der Waals surface area contributed by atoms with Crippen LogP contribution in [0.1, 0.15) is 55.7 Å². The zero-order chi connectivity index (χ0) is 15.9. The van der Waals surface area contributed by atoms with Crippen LogP contribution in [-0.4, -0.2) is 22.1 Å². The van der Waals surface area contributed by atoms with Crippen molar-refractivity contribution in [1.29, 1.82) is 0 Å². The van der Waals surface area contributed by atoms with Crippen LogP contribution in [-0.2, 0) is 4.74 Å². The van der Waals surface area contributed by atoms with Crippen molar-refractivity contribution in [1.82, 2.24) is 9.55 Å². The van der Waals surface area contributed by atoms with Gasteiger partial charge >= 0.3 is 5.97 Å². The quantitative estimate of drug-likeness (QED) is 0.724. The van der Waals surface area contributed by atoms with Gasteiger partial charge in [0.1, 0.15) is 5.69 Å². The van der Waals surface area contributed by atoms with Gasteiger partial charge < -0.3 is 9.30 Å². The van der Waals surface area contributed by atoms with Gasteiger partial charge in [0.05, 0.1) is 25.2 Å². The monoisotopic (exact) mass is 300 g/mol. The number of nitrogens with zero attached hydrogens (tertiary/aromatic N) is 2. The third kappa shape index (κ3) is 3.97. The number of rotatable bonds is 7. The normalized spacial score (nSPS) is 13.6. The molecule has 0 aliphatic rings. The summed E-state index contributed by atoms with van der Waals surface area (Å²) in [6, 6.07) is 10.1. The highest BCUT2D eigenvalue weighted by Crippen LogP contribution is 2.20. The first-order valence-electron chi connectivity index (χ1n) is 7.87. The molecule has 0 spiro atoms. The Labute approximate surface area is 132 Å². The summed E-state index contributed by atoms with van der Waals surface area (Å²) < 4.78 is 7.29. The number of benzene rings is 1. The van der Waals surface area contributed by atoms with Crippen LogP contribution < -0.4 is 0 Å². The molecule has 2 aromatic rings. The number of aromatic nitrogens is 2. The summed E-state index contributed by atoms with van der Waals surface area (Å²) in [6.07, 6.45) is 5.42. The van der Waals surface area contributed by atoms with E-state index in [9.17, 15) is 4.79 Å². The van der Waals surface area contributed by atoms with Crippen molar-refractivity contribution >= 4 is 5.97 Å². The van der Waals surface area contributed by atoms with E-state index in [1.807, 2.05) is 41.8 Å². The first-order valence-corrected chi connectivity index (χ1v) is 7.87. The predicted octanol–water partition coefficient (Wildman–Crippen LogP) is 4.09. The maximum atomic E-state index is 12.3. The second kappa shape index (κ2) is 7.78. The molecule has 0 N–H and O–H groups in total. The van der Waals surface area contributed by atoms with Crippen molar-refractivity contribution in [3.05, 3.63) is 54.1 Å². The standard InChI is InChI=1S/C18H24N2O2/c1-4-8-14(2)12-22-18(21)17-11-19-13-20(17)15(3)16-9-6-5-7-10-16/h5-7,9-11,13-15H,4,8,12H2,1-3H3. The molecule has 118 valence electrons. The summed E-state index contributed by atoms with van der Waals surface area (Å²) in [7, 11) is 0. The molecule has 0 bridgehead atoms. The summed E-state index contributed by atoms with van der Waals surface area (Å²) in [5.41, 5.74) is 1.63. The molecule has 1 heterocycles. The summed E-state index contributed by atoms with van der Waals surface area (Å²) in [4.78, 5) is 16.4. The first kappa shape index (κ1) is 16.3. The SMILES string of the molecule is CCCC(C)COC(=O)c1cncn1C(C)c1ccccc1. The fourth-order valence-corrected chi connectivity index (χ4v) is 2.53. The Hall–Kier alpha value is -2.10.